The van der Waals surface area contributed by atoms with Crippen LogP contribution in [-0.2, 0) is 10.0 Å². The van der Waals surface area contributed by atoms with Crippen LogP contribution in [0.1, 0.15) is 12.6 Å². The van der Waals surface area contributed by atoms with Crippen molar-refractivity contribution in [3.63, 3.8) is 0 Å². The fourth-order valence-corrected chi connectivity index (χ4v) is 1.61. The molecule has 0 amide bonds. The average molecular weight is 198 g/mol. The van der Waals surface area contributed by atoms with Gasteiger partial charge in [0, 0.05) is 6.20 Å². The number of nitrogens with two attached hydrogens (primary N) is 1. The van der Waals surface area contributed by atoms with E-state index in [1.165, 1.54) is 18.3 Å². The van der Waals surface area contributed by atoms with Crippen molar-refractivity contribution in [2.75, 3.05) is 0 Å². The Kier molecular flexibility index (Phi) is 2.79. The first kappa shape index (κ1) is 9.88. The molecule has 0 bridgehead atoms. The maximum atomic E-state index is 11.0. The smallest absolute Gasteiger partial charge is 0.240 e. The quantitative estimate of drug-likeness (QED) is 0.762. The molecule has 0 aliphatic heterocycles. The third kappa shape index (κ3) is 2.37. The summed E-state index contributed by atoms with van der Waals surface area (Å²) in [6.07, 6.45) is 4.82. The molecule has 4 nitrogen and oxygen atoms in total. The minimum Gasteiger partial charge on any atom is -0.255 e. The van der Waals surface area contributed by atoms with E-state index in [-0.39, 0.29) is 4.90 Å². The molecule has 0 atom stereocenters. The molecule has 0 fully saturated rings. The molecule has 0 aliphatic rings. The number of sulfonamides is 1. The summed E-state index contributed by atoms with van der Waals surface area (Å²) in [4.78, 5) is 3.94. The van der Waals surface area contributed by atoms with Crippen molar-refractivity contribution in [3.8, 4) is 0 Å². The highest BCUT2D eigenvalue weighted by molar-refractivity contribution is 7.89. The van der Waals surface area contributed by atoms with E-state index in [9.17, 15) is 8.42 Å². The van der Waals surface area contributed by atoms with Gasteiger partial charge in [-0.2, -0.15) is 0 Å². The lowest BCUT2D eigenvalue weighted by Gasteiger charge is -2.00. The Morgan fingerprint density at radius 2 is 2.23 bits per heavy atom. The molecule has 1 aromatic rings. The average Bonchev–Trinajstić information content (AvgIpc) is 2.04. The van der Waals surface area contributed by atoms with Gasteiger partial charge in [0.2, 0.25) is 10.0 Å². The fraction of sp³-hybridized carbons (Fsp3) is 0.125. The van der Waals surface area contributed by atoms with Crippen molar-refractivity contribution in [3.05, 3.63) is 30.1 Å². The van der Waals surface area contributed by atoms with Crippen molar-refractivity contribution in [2.24, 2.45) is 5.14 Å². The summed E-state index contributed by atoms with van der Waals surface area (Å²) in [6.45, 7) is 1.78. The van der Waals surface area contributed by atoms with Gasteiger partial charge in [0.1, 0.15) is 4.90 Å². The second-order valence-corrected chi connectivity index (χ2v) is 3.96. The zero-order valence-electron chi connectivity index (χ0n) is 7.14. The zero-order chi connectivity index (χ0) is 9.90. The first-order valence-corrected chi connectivity index (χ1v) is 5.21. The molecule has 13 heavy (non-hydrogen) atoms. The molecule has 1 heterocycles. The Morgan fingerprint density at radius 3 is 2.77 bits per heavy atom. The van der Waals surface area contributed by atoms with Gasteiger partial charge in [-0.1, -0.05) is 6.08 Å². The lowest BCUT2D eigenvalue weighted by Crippen LogP contribution is -2.14. The predicted octanol–water partition coefficient (Wildman–Crippen LogP) is 0.762. The first-order valence-electron chi connectivity index (χ1n) is 3.66. The number of rotatable bonds is 2. The van der Waals surface area contributed by atoms with Crippen LogP contribution in [0.25, 0.3) is 6.08 Å². The molecule has 0 saturated heterocycles. The summed E-state index contributed by atoms with van der Waals surface area (Å²) in [5.74, 6) is 0. The van der Waals surface area contributed by atoms with Crippen molar-refractivity contribution in [1.29, 1.82) is 0 Å². The van der Waals surface area contributed by atoms with Gasteiger partial charge in [0.25, 0.3) is 0 Å². The number of aromatic nitrogens is 1. The van der Waals surface area contributed by atoms with Crippen LogP contribution < -0.4 is 5.14 Å². The molecule has 1 aromatic heterocycles. The Balaban J connectivity index is 3.37. The maximum Gasteiger partial charge on any atom is 0.240 e. The SMILES string of the molecule is C/C=C/c1ncccc1S(N)(=O)=O. The van der Waals surface area contributed by atoms with E-state index >= 15 is 0 Å². The molecular formula is C8H10N2O2S. The molecular weight excluding hydrogens is 188 g/mol. The summed E-state index contributed by atoms with van der Waals surface area (Å²) in [5, 5.41) is 4.99. The number of primary sulfonamides is 1. The van der Waals surface area contributed by atoms with Crippen LogP contribution in [0.4, 0.5) is 0 Å². The van der Waals surface area contributed by atoms with Crippen molar-refractivity contribution in [1.82, 2.24) is 4.98 Å². The summed E-state index contributed by atoms with van der Waals surface area (Å²) < 4.78 is 22.1. The normalized spacial score (nSPS) is 12.2. The van der Waals surface area contributed by atoms with Gasteiger partial charge in [-0.15, -0.1) is 0 Å². The first-order chi connectivity index (χ1) is 6.05. The van der Waals surface area contributed by atoms with Crippen molar-refractivity contribution in [2.45, 2.75) is 11.8 Å². The van der Waals surface area contributed by atoms with E-state index in [1.54, 1.807) is 19.1 Å². The number of allylic oxidation sites excluding steroid dienone is 1. The maximum absolute atomic E-state index is 11.0. The second-order valence-electron chi connectivity index (χ2n) is 2.43. The van der Waals surface area contributed by atoms with Crippen LogP contribution in [-0.4, -0.2) is 13.4 Å². The van der Waals surface area contributed by atoms with E-state index in [4.69, 9.17) is 5.14 Å². The molecule has 0 aliphatic carbocycles. The van der Waals surface area contributed by atoms with E-state index in [1.807, 2.05) is 0 Å². The molecule has 0 radical (unpaired) electrons. The monoisotopic (exact) mass is 198 g/mol. The molecule has 2 N–H and O–H groups in total. The Labute approximate surface area is 77.2 Å². The van der Waals surface area contributed by atoms with Crippen LogP contribution in [0.15, 0.2) is 29.3 Å². The highest BCUT2D eigenvalue weighted by atomic mass is 32.2. The Bertz CT molecular complexity index is 424. The van der Waals surface area contributed by atoms with Gasteiger partial charge < -0.3 is 0 Å². The van der Waals surface area contributed by atoms with E-state index in [0.717, 1.165) is 0 Å². The highest BCUT2D eigenvalue weighted by Crippen LogP contribution is 2.11. The van der Waals surface area contributed by atoms with E-state index in [0.29, 0.717) is 5.69 Å². The van der Waals surface area contributed by atoms with Crippen LogP contribution in [0, 0.1) is 0 Å². The Morgan fingerprint density at radius 1 is 1.54 bits per heavy atom. The van der Waals surface area contributed by atoms with Crippen molar-refractivity contribution < 1.29 is 8.42 Å². The molecule has 5 heteroatoms. The number of nitrogens with zero attached hydrogens (tertiary/aromatic N) is 1. The molecule has 1 rings (SSSR count). The topological polar surface area (TPSA) is 73.0 Å². The third-order valence-corrected chi connectivity index (χ3v) is 2.39. The summed E-state index contributed by atoms with van der Waals surface area (Å²) >= 11 is 0. The number of pyridine rings is 1. The second kappa shape index (κ2) is 3.68. The minimum atomic E-state index is -3.67. The third-order valence-electron chi connectivity index (χ3n) is 1.43. The summed E-state index contributed by atoms with van der Waals surface area (Å²) in [6, 6.07) is 2.96. The van der Waals surface area contributed by atoms with Gasteiger partial charge >= 0.3 is 0 Å². The zero-order valence-corrected chi connectivity index (χ0v) is 7.95. The van der Waals surface area contributed by atoms with Crippen LogP contribution in [0.3, 0.4) is 0 Å². The standard InChI is InChI=1S/C8H10N2O2S/c1-2-4-7-8(13(9,11)12)5-3-6-10-7/h2-6H,1H3,(H2,9,11,12)/b4-2+. The number of hydrogen-bond donors (Lipinski definition) is 1. The van der Waals surface area contributed by atoms with Gasteiger partial charge in [-0.05, 0) is 25.1 Å². The lowest BCUT2D eigenvalue weighted by atomic mass is 10.3. The number of hydrogen-bond acceptors (Lipinski definition) is 3. The fourth-order valence-electron chi connectivity index (χ4n) is 0.926. The summed E-state index contributed by atoms with van der Waals surface area (Å²) in [7, 11) is -3.67. The van der Waals surface area contributed by atoms with Crippen molar-refractivity contribution >= 4 is 16.1 Å². The Hall–Kier alpha value is -1.20. The van der Waals surface area contributed by atoms with Crippen LogP contribution in [0.5, 0.6) is 0 Å². The molecule has 0 aromatic carbocycles. The summed E-state index contributed by atoms with van der Waals surface area (Å²) in [5.41, 5.74) is 0.368. The molecule has 70 valence electrons. The van der Waals surface area contributed by atoms with Gasteiger partial charge in [-0.25, -0.2) is 13.6 Å². The predicted molar refractivity (Wildman–Crippen MR) is 50.3 cm³/mol. The van der Waals surface area contributed by atoms with Crippen LogP contribution >= 0.6 is 0 Å². The molecule has 0 saturated carbocycles. The lowest BCUT2D eigenvalue weighted by molar-refractivity contribution is 0.597. The van der Waals surface area contributed by atoms with Gasteiger partial charge in [0.05, 0.1) is 5.69 Å². The highest BCUT2D eigenvalue weighted by Gasteiger charge is 2.11. The molecule has 0 unspecified atom stereocenters. The van der Waals surface area contributed by atoms with Gasteiger partial charge in [0.15, 0.2) is 0 Å². The van der Waals surface area contributed by atoms with E-state index < -0.39 is 10.0 Å². The van der Waals surface area contributed by atoms with Crippen LogP contribution in [0.2, 0.25) is 0 Å². The van der Waals surface area contributed by atoms with Gasteiger partial charge in [-0.3, -0.25) is 4.98 Å². The minimum absolute atomic E-state index is 0.0492. The molecule has 0 spiro atoms. The largest absolute Gasteiger partial charge is 0.255 e. The van der Waals surface area contributed by atoms with E-state index in [2.05, 4.69) is 4.98 Å².